The fourth-order valence-electron chi connectivity index (χ4n) is 2.25. The number of carboxylic acid groups (broad SMARTS) is 1. The van der Waals surface area contributed by atoms with E-state index < -0.39 is 5.97 Å². The van der Waals surface area contributed by atoms with Crippen molar-refractivity contribution in [2.45, 2.75) is 20.8 Å². The molecule has 0 saturated heterocycles. The maximum atomic E-state index is 10.9. The van der Waals surface area contributed by atoms with Crippen LogP contribution in [0.1, 0.15) is 27.0 Å². The summed E-state index contributed by atoms with van der Waals surface area (Å²) in [5.41, 5.74) is 3.52. The number of carbonyl (C=O) groups is 1. The molecule has 4 nitrogen and oxygen atoms in total. The van der Waals surface area contributed by atoms with Gasteiger partial charge in [-0.25, -0.2) is 4.79 Å². The molecule has 0 radical (unpaired) electrons. The summed E-state index contributed by atoms with van der Waals surface area (Å²) >= 11 is 3.53. The lowest BCUT2D eigenvalue weighted by molar-refractivity contribution is 0.0696. The third kappa shape index (κ3) is 4.26. The first-order valence-corrected chi connectivity index (χ1v) is 8.04. The largest absolute Gasteiger partial charge is 0.490 e. The molecule has 0 amide bonds. The van der Waals surface area contributed by atoms with Crippen LogP contribution < -0.4 is 9.47 Å². The van der Waals surface area contributed by atoms with E-state index in [-0.39, 0.29) is 5.56 Å². The molecule has 0 aliphatic carbocycles. The Bertz CT molecular complexity index is 725. The lowest BCUT2D eigenvalue weighted by Crippen LogP contribution is -2.11. The zero-order valence-electron chi connectivity index (χ0n) is 13.4. The van der Waals surface area contributed by atoms with E-state index in [0.29, 0.717) is 19.0 Å². The van der Waals surface area contributed by atoms with Gasteiger partial charge in [0.25, 0.3) is 0 Å². The fourth-order valence-corrected chi connectivity index (χ4v) is 2.89. The van der Waals surface area contributed by atoms with E-state index in [9.17, 15) is 4.79 Å². The average Bonchev–Trinajstić information content (AvgIpc) is 2.52. The van der Waals surface area contributed by atoms with E-state index in [1.165, 1.54) is 12.1 Å². The summed E-state index contributed by atoms with van der Waals surface area (Å²) in [6, 6.07) is 8.46. The van der Waals surface area contributed by atoms with Crippen molar-refractivity contribution < 1.29 is 19.4 Å². The Hall–Kier alpha value is -2.01. The first-order valence-electron chi connectivity index (χ1n) is 7.25. The predicted molar refractivity (Wildman–Crippen MR) is 92.7 cm³/mol. The van der Waals surface area contributed by atoms with Crippen LogP contribution in [0.5, 0.6) is 11.5 Å². The van der Waals surface area contributed by atoms with Crippen LogP contribution in [0.2, 0.25) is 0 Å². The Morgan fingerprint density at radius 1 is 1.09 bits per heavy atom. The molecular formula is C18H19BrO4. The highest BCUT2D eigenvalue weighted by Gasteiger charge is 2.10. The van der Waals surface area contributed by atoms with Crippen LogP contribution >= 0.6 is 15.9 Å². The summed E-state index contributed by atoms with van der Waals surface area (Å²) in [4.78, 5) is 10.9. The molecule has 122 valence electrons. The first kappa shape index (κ1) is 17.3. The molecule has 0 spiro atoms. The summed E-state index contributed by atoms with van der Waals surface area (Å²) in [6.45, 7) is 6.81. The molecule has 2 rings (SSSR count). The van der Waals surface area contributed by atoms with Gasteiger partial charge in [0.1, 0.15) is 24.7 Å². The minimum absolute atomic E-state index is 0.207. The molecule has 5 heteroatoms. The Kier molecular flexibility index (Phi) is 5.66. The topological polar surface area (TPSA) is 55.8 Å². The second kappa shape index (κ2) is 7.51. The molecule has 0 aromatic heterocycles. The third-order valence-electron chi connectivity index (χ3n) is 3.64. The summed E-state index contributed by atoms with van der Waals surface area (Å²) in [5, 5.41) is 8.95. The van der Waals surface area contributed by atoms with Crippen LogP contribution in [0, 0.1) is 20.8 Å². The van der Waals surface area contributed by atoms with Gasteiger partial charge in [0.2, 0.25) is 0 Å². The average molecular weight is 379 g/mol. The Morgan fingerprint density at radius 3 is 2.48 bits per heavy atom. The van der Waals surface area contributed by atoms with Crippen molar-refractivity contribution in [1.82, 2.24) is 0 Å². The van der Waals surface area contributed by atoms with Crippen LogP contribution in [-0.4, -0.2) is 24.3 Å². The van der Waals surface area contributed by atoms with E-state index >= 15 is 0 Å². The first-order chi connectivity index (χ1) is 10.9. The van der Waals surface area contributed by atoms with Crippen LogP contribution in [0.3, 0.4) is 0 Å². The number of aromatic carboxylic acids is 1. The Labute approximate surface area is 144 Å². The lowest BCUT2D eigenvalue weighted by atomic mass is 10.1. The molecule has 0 fully saturated rings. The standard InChI is InChI=1S/C18H19BrO4/c1-11-9-16(19)12(2)13(3)17(11)23-8-7-22-15-6-4-5-14(10-15)18(20)21/h4-6,9-10H,7-8H2,1-3H3,(H,20,21). The van der Waals surface area contributed by atoms with Gasteiger partial charge in [0.15, 0.2) is 0 Å². The highest BCUT2D eigenvalue weighted by atomic mass is 79.9. The highest BCUT2D eigenvalue weighted by Crippen LogP contribution is 2.31. The van der Waals surface area contributed by atoms with Crippen molar-refractivity contribution in [1.29, 1.82) is 0 Å². The predicted octanol–water partition coefficient (Wildman–Crippen LogP) is 4.53. The van der Waals surface area contributed by atoms with E-state index in [2.05, 4.69) is 15.9 Å². The fraction of sp³-hybridized carbons (Fsp3) is 0.278. The summed E-state index contributed by atoms with van der Waals surface area (Å²) < 4.78 is 12.5. The van der Waals surface area contributed by atoms with Gasteiger partial charge in [-0.05, 0) is 61.7 Å². The van der Waals surface area contributed by atoms with Crippen LogP contribution in [-0.2, 0) is 0 Å². The van der Waals surface area contributed by atoms with Gasteiger partial charge >= 0.3 is 5.97 Å². The van der Waals surface area contributed by atoms with E-state index in [1.54, 1.807) is 12.1 Å². The zero-order valence-corrected chi connectivity index (χ0v) is 14.9. The molecular weight excluding hydrogens is 360 g/mol. The number of hydrogen-bond acceptors (Lipinski definition) is 3. The second-order valence-corrected chi connectivity index (χ2v) is 6.14. The minimum atomic E-state index is -0.969. The van der Waals surface area contributed by atoms with E-state index in [4.69, 9.17) is 14.6 Å². The second-order valence-electron chi connectivity index (χ2n) is 5.28. The van der Waals surface area contributed by atoms with E-state index in [1.807, 2.05) is 26.8 Å². The SMILES string of the molecule is Cc1cc(Br)c(C)c(C)c1OCCOc1cccc(C(=O)O)c1. The molecule has 0 unspecified atom stereocenters. The number of hydrogen-bond donors (Lipinski definition) is 1. The number of rotatable bonds is 6. The number of carboxylic acids is 1. The number of aryl methyl sites for hydroxylation is 1. The maximum Gasteiger partial charge on any atom is 0.335 e. The van der Waals surface area contributed by atoms with Gasteiger partial charge in [-0.3, -0.25) is 0 Å². The lowest BCUT2D eigenvalue weighted by Gasteiger charge is -2.15. The molecule has 2 aromatic rings. The molecule has 23 heavy (non-hydrogen) atoms. The van der Waals surface area contributed by atoms with Crippen molar-refractivity contribution in [3.8, 4) is 11.5 Å². The van der Waals surface area contributed by atoms with Gasteiger partial charge in [0, 0.05) is 4.47 Å². The molecule has 0 saturated carbocycles. The quantitative estimate of drug-likeness (QED) is 0.750. The van der Waals surface area contributed by atoms with Crippen LogP contribution in [0.25, 0.3) is 0 Å². The zero-order chi connectivity index (χ0) is 17.0. The van der Waals surface area contributed by atoms with Crippen molar-refractivity contribution >= 4 is 21.9 Å². The van der Waals surface area contributed by atoms with Crippen LogP contribution in [0.4, 0.5) is 0 Å². The maximum absolute atomic E-state index is 10.9. The smallest absolute Gasteiger partial charge is 0.335 e. The number of halogens is 1. The van der Waals surface area contributed by atoms with Crippen molar-refractivity contribution in [3.63, 3.8) is 0 Å². The normalized spacial score (nSPS) is 10.4. The van der Waals surface area contributed by atoms with E-state index in [0.717, 1.165) is 26.9 Å². The van der Waals surface area contributed by atoms with Crippen molar-refractivity contribution in [3.05, 3.63) is 57.1 Å². The van der Waals surface area contributed by atoms with Gasteiger partial charge in [0.05, 0.1) is 5.56 Å². The van der Waals surface area contributed by atoms with Gasteiger partial charge in [-0.1, -0.05) is 22.0 Å². The van der Waals surface area contributed by atoms with Crippen molar-refractivity contribution in [2.75, 3.05) is 13.2 Å². The Morgan fingerprint density at radius 2 is 1.78 bits per heavy atom. The molecule has 0 atom stereocenters. The monoisotopic (exact) mass is 378 g/mol. The van der Waals surface area contributed by atoms with Gasteiger partial charge in [-0.2, -0.15) is 0 Å². The highest BCUT2D eigenvalue weighted by molar-refractivity contribution is 9.10. The summed E-state index contributed by atoms with van der Waals surface area (Å²) in [6.07, 6.45) is 0. The molecule has 0 aliphatic rings. The minimum Gasteiger partial charge on any atom is -0.490 e. The third-order valence-corrected chi connectivity index (χ3v) is 4.47. The molecule has 0 aliphatic heterocycles. The summed E-state index contributed by atoms with van der Waals surface area (Å²) in [5.74, 6) is 0.422. The number of ether oxygens (including phenoxy) is 2. The van der Waals surface area contributed by atoms with Crippen LogP contribution in [0.15, 0.2) is 34.8 Å². The molecule has 0 bridgehead atoms. The molecule has 2 aromatic carbocycles. The van der Waals surface area contributed by atoms with Gasteiger partial charge in [-0.15, -0.1) is 0 Å². The number of benzene rings is 2. The van der Waals surface area contributed by atoms with Gasteiger partial charge < -0.3 is 14.6 Å². The molecule has 0 heterocycles. The molecule has 1 N–H and O–H groups in total. The summed E-state index contributed by atoms with van der Waals surface area (Å²) in [7, 11) is 0. The van der Waals surface area contributed by atoms with Crippen molar-refractivity contribution in [2.24, 2.45) is 0 Å². The Balaban J connectivity index is 1.95.